The Morgan fingerprint density at radius 2 is 2.40 bits per heavy atom. The molecule has 2 fully saturated rings. The second-order valence-corrected chi connectivity index (χ2v) is 4.63. The van der Waals surface area contributed by atoms with E-state index >= 15 is 0 Å². The van der Waals surface area contributed by atoms with E-state index in [1.807, 2.05) is 6.92 Å². The van der Waals surface area contributed by atoms with Crippen molar-refractivity contribution in [3.8, 4) is 0 Å². The number of hydrogen-bond acceptors (Lipinski definition) is 5. The van der Waals surface area contributed by atoms with Gasteiger partial charge >= 0.3 is 0 Å². The highest BCUT2D eigenvalue weighted by atomic mass is 16.6. The molecule has 5 heteroatoms. The van der Waals surface area contributed by atoms with Crippen LogP contribution in [-0.2, 0) is 9.47 Å². The minimum Gasteiger partial charge on any atom is -0.374 e. The first kappa shape index (κ1) is 11.3. The first-order valence-corrected chi connectivity index (χ1v) is 5.67. The highest BCUT2D eigenvalue weighted by Gasteiger charge is 2.31. The number of nitrogens with one attached hydrogen (secondary N) is 3. The minimum absolute atomic E-state index is 0.365. The first-order valence-electron chi connectivity index (χ1n) is 5.67. The molecule has 0 radical (unpaired) electrons. The molecule has 0 aromatic heterocycles. The van der Waals surface area contributed by atoms with Crippen molar-refractivity contribution in [3.63, 3.8) is 0 Å². The van der Waals surface area contributed by atoms with Gasteiger partial charge in [-0.1, -0.05) is 0 Å². The van der Waals surface area contributed by atoms with Crippen LogP contribution in [0.1, 0.15) is 26.7 Å². The molecule has 3 atom stereocenters. The van der Waals surface area contributed by atoms with Gasteiger partial charge in [0.05, 0.1) is 12.7 Å². The lowest BCUT2D eigenvalue weighted by atomic mass is 10.0. The molecule has 3 N–H and O–H groups in total. The van der Waals surface area contributed by atoms with Crippen LogP contribution in [-0.4, -0.2) is 37.8 Å². The first-order chi connectivity index (χ1) is 7.18. The van der Waals surface area contributed by atoms with Gasteiger partial charge in [-0.25, -0.2) is 10.9 Å². The van der Waals surface area contributed by atoms with E-state index in [4.69, 9.17) is 9.47 Å². The number of ether oxygens (including phenoxy) is 2. The molecule has 0 aromatic carbocycles. The Balaban J connectivity index is 1.72. The monoisotopic (exact) mass is 215 g/mol. The summed E-state index contributed by atoms with van der Waals surface area (Å²) in [5, 5.41) is 3.41. The van der Waals surface area contributed by atoms with Gasteiger partial charge in [0.2, 0.25) is 0 Å². The van der Waals surface area contributed by atoms with E-state index in [1.54, 1.807) is 0 Å². The SMILES string of the molecule is C[C@H]1C[C@@H](OCC2(C)NNCO2)CCN1. The van der Waals surface area contributed by atoms with Gasteiger partial charge in [0.15, 0.2) is 5.72 Å². The van der Waals surface area contributed by atoms with Crippen molar-refractivity contribution in [3.05, 3.63) is 0 Å². The average Bonchev–Trinajstić information content (AvgIpc) is 2.63. The summed E-state index contributed by atoms with van der Waals surface area (Å²) in [5.74, 6) is 0. The predicted molar refractivity (Wildman–Crippen MR) is 57.1 cm³/mol. The molecule has 0 saturated carbocycles. The Morgan fingerprint density at radius 1 is 1.53 bits per heavy atom. The second kappa shape index (κ2) is 4.76. The van der Waals surface area contributed by atoms with Crippen LogP contribution in [0.3, 0.4) is 0 Å². The van der Waals surface area contributed by atoms with Gasteiger partial charge in [-0.3, -0.25) is 0 Å². The third kappa shape index (κ3) is 3.12. The van der Waals surface area contributed by atoms with Crippen LogP contribution in [0.2, 0.25) is 0 Å². The molecule has 88 valence electrons. The van der Waals surface area contributed by atoms with Gasteiger partial charge in [-0.05, 0) is 33.2 Å². The van der Waals surface area contributed by atoms with Crippen molar-refractivity contribution < 1.29 is 9.47 Å². The fraction of sp³-hybridized carbons (Fsp3) is 1.00. The molecule has 0 bridgehead atoms. The van der Waals surface area contributed by atoms with Gasteiger partial charge in [0.25, 0.3) is 0 Å². The van der Waals surface area contributed by atoms with Gasteiger partial charge in [-0.2, -0.15) is 0 Å². The molecule has 0 aromatic rings. The minimum atomic E-state index is -0.367. The van der Waals surface area contributed by atoms with Crippen LogP contribution in [0.5, 0.6) is 0 Å². The van der Waals surface area contributed by atoms with Crippen LogP contribution < -0.4 is 16.2 Å². The van der Waals surface area contributed by atoms with Crippen LogP contribution in [0.25, 0.3) is 0 Å². The maximum atomic E-state index is 5.87. The molecule has 15 heavy (non-hydrogen) atoms. The van der Waals surface area contributed by atoms with E-state index in [0.29, 0.717) is 25.5 Å². The molecule has 2 aliphatic rings. The number of rotatable bonds is 3. The number of piperidine rings is 1. The van der Waals surface area contributed by atoms with Crippen LogP contribution in [0.4, 0.5) is 0 Å². The normalized spacial score (nSPS) is 42.0. The van der Waals surface area contributed by atoms with E-state index in [1.165, 1.54) is 0 Å². The molecule has 5 nitrogen and oxygen atoms in total. The van der Waals surface area contributed by atoms with E-state index in [0.717, 1.165) is 19.4 Å². The van der Waals surface area contributed by atoms with Crippen LogP contribution >= 0.6 is 0 Å². The highest BCUT2D eigenvalue weighted by molar-refractivity contribution is 4.78. The summed E-state index contributed by atoms with van der Waals surface area (Å²) in [7, 11) is 0. The zero-order valence-electron chi connectivity index (χ0n) is 9.51. The molecule has 2 aliphatic heterocycles. The van der Waals surface area contributed by atoms with Crippen molar-refractivity contribution in [1.82, 2.24) is 16.2 Å². The average molecular weight is 215 g/mol. The Kier molecular flexibility index (Phi) is 3.58. The summed E-state index contributed by atoms with van der Waals surface area (Å²) in [6, 6.07) is 0.562. The van der Waals surface area contributed by atoms with E-state index < -0.39 is 0 Å². The fourth-order valence-electron chi connectivity index (χ4n) is 2.05. The summed E-state index contributed by atoms with van der Waals surface area (Å²) >= 11 is 0. The highest BCUT2D eigenvalue weighted by Crippen LogP contribution is 2.16. The third-order valence-corrected chi connectivity index (χ3v) is 2.99. The lowest BCUT2D eigenvalue weighted by Crippen LogP contribution is -2.48. The molecule has 1 unspecified atom stereocenters. The van der Waals surface area contributed by atoms with E-state index in [2.05, 4.69) is 23.1 Å². The summed E-state index contributed by atoms with van der Waals surface area (Å²) in [6.07, 6.45) is 2.54. The molecular formula is C10H21N3O2. The van der Waals surface area contributed by atoms with Gasteiger partial charge in [0, 0.05) is 6.04 Å². The van der Waals surface area contributed by atoms with Gasteiger partial charge in [-0.15, -0.1) is 0 Å². The molecule has 2 rings (SSSR count). The van der Waals surface area contributed by atoms with Gasteiger partial charge in [0.1, 0.15) is 6.73 Å². The largest absolute Gasteiger partial charge is 0.374 e. The van der Waals surface area contributed by atoms with E-state index in [9.17, 15) is 0 Å². The summed E-state index contributed by atoms with van der Waals surface area (Å²) < 4.78 is 11.4. The Hall–Kier alpha value is -0.200. The van der Waals surface area contributed by atoms with Crippen LogP contribution in [0.15, 0.2) is 0 Å². The van der Waals surface area contributed by atoms with Crippen molar-refractivity contribution >= 4 is 0 Å². The predicted octanol–water partition coefficient (Wildman–Crippen LogP) is -0.0584. The Labute approximate surface area is 90.9 Å². The summed E-state index contributed by atoms with van der Waals surface area (Å²) in [5.41, 5.74) is 5.65. The maximum Gasteiger partial charge on any atom is 0.153 e. The third-order valence-electron chi connectivity index (χ3n) is 2.99. The Bertz CT molecular complexity index is 207. The smallest absolute Gasteiger partial charge is 0.153 e. The quantitative estimate of drug-likeness (QED) is 0.616. The zero-order chi connectivity index (χ0) is 10.7. The second-order valence-electron chi connectivity index (χ2n) is 4.63. The zero-order valence-corrected chi connectivity index (χ0v) is 9.51. The topological polar surface area (TPSA) is 54.5 Å². The summed E-state index contributed by atoms with van der Waals surface area (Å²) in [4.78, 5) is 0. The molecule has 0 spiro atoms. The maximum absolute atomic E-state index is 5.87. The number of hydrogen-bond donors (Lipinski definition) is 3. The van der Waals surface area contributed by atoms with Crippen molar-refractivity contribution in [2.24, 2.45) is 0 Å². The standard InChI is InChI=1S/C10H21N3O2/c1-8-5-9(3-4-11-8)14-6-10(2)13-12-7-15-10/h8-9,11-13H,3-7H2,1-2H3/t8-,9-,10?/m0/s1. The summed E-state index contributed by atoms with van der Waals surface area (Å²) in [6.45, 7) is 6.38. The molecule has 2 saturated heterocycles. The Morgan fingerprint density at radius 3 is 3.07 bits per heavy atom. The van der Waals surface area contributed by atoms with E-state index in [-0.39, 0.29) is 5.72 Å². The molecule has 0 aliphatic carbocycles. The van der Waals surface area contributed by atoms with Gasteiger partial charge < -0.3 is 14.8 Å². The lowest BCUT2D eigenvalue weighted by molar-refractivity contribution is -0.0924. The number of hydrazine groups is 1. The molecule has 0 amide bonds. The van der Waals surface area contributed by atoms with Crippen molar-refractivity contribution in [1.29, 1.82) is 0 Å². The molecule has 2 heterocycles. The van der Waals surface area contributed by atoms with Crippen molar-refractivity contribution in [2.45, 2.75) is 44.6 Å². The van der Waals surface area contributed by atoms with Crippen LogP contribution in [0, 0.1) is 0 Å². The lowest BCUT2D eigenvalue weighted by Gasteiger charge is -2.31. The fourth-order valence-corrected chi connectivity index (χ4v) is 2.05. The van der Waals surface area contributed by atoms with Crippen molar-refractivity contribution in [2.75, 3.05) is 19.9 Å². The molecular weight excluding hydrogens is 194 g/mol.